The number of thiophene rings is 1. The molecule has 14 heavy (non-hydrogen) atoms. The van der Waals surface area contributed by atoms with Crippen LogP contribution in [-0.4, -0.2) is 11.1 Å². The third-order valence-corrected chi connectivity index (χ3v) is 3.43. The summed E-state index contributed by atoms with van der Waals surface area (Å²) < 4.78 is 0.889. The molecule has 5 heteroatoms. The highest BCUT2D eigenvalue weighted by Gasteiger charge is 2.13. The Morgan fingerprint density at radius 2 is 2.29 bits per heavy atom. The van der Waals surface area contributed by atoms with Crippen LogP contribution in [0.3, 0.4) is 0 Å². The summed E-state index contributed by atoms with van der Waals surface area (Å²) in [5.41, 5.74) is 6.36. The van der Waals surface area contributed by atoms with Crippen molar-refractivity contribution < 1.29 is 9.90 Å². The summed E-state index contributed by atoms with van der Waals surface area (Å²) in [6.45, 7) is 0. The lowest BCUT2D eigenvalue weighted by Gasteiger charge is -2.04. The van der Waals surface area contributed by atoms with Crippen molar-refractivity contribution in [3.05, 3.63) is 23.1 Å². The number of carboxylic acid groups (broad SMARTS) is 1. The zero-order valence-corrected chi connectivity index (χ0v) is 8.73. The van der Waals surface area contributed by atoms with Crippen molar-refractivity contribution in [2.24, 2.45) is 0 Å². The van der Waals surface area contributed by atoms with E-state index >= 15 is 0 Å². The van der Waals surface area contributed by atoms with Gasteiger partial charge in [-0.15, -0.1) is 24.0 Å². The maximum absolute atomic E-state index is 10.8. The van der Waals surface area contributed by atoms with Crippen LogP contribution in [0.5, 0.6) is 0 Å². The first-order chi connectivity index (χ1) is 6.61. The van der Waals surface area contributed by atoms with Gasteiger partial charge in [-0.2, -0.15) is 0 Å². The summed E-state index contributed by atoms with van der Waals surface area (Å²) in [6.07, 6.45) is 0. The van der Waals surface area contributed by atoms with E-state index in [4.69, 9.17) is 10.8 Å². The van der Waals surface area contributed by atoms with E-state index in [1.54, 1.807) is 6.07 Å². The topological polar surface area (TPSA) is 63.3 Å². The number of nitrogen functional groups attached to an aromatic ring is 1. The van der Waals surface area contributed by atoms with Gasteiger partial charge in [0.15, 0.2) is 0 Å². The van der Waals surface area contributed by atoms with Gasteiger partial charge in [-0.05, 0) is 22.9 Å². The van der Waals surface area contributed by atoms with Crippen LogP contribution < -0.4 is 5.73 Å². The summed E-state index contributed by atoms with van der Waals surface area (Å²) in [7, 11) is 0. The van der Waals surface area contributed by atoms with Crippen LogP contribution in [0.15, 0.2) is 22.4 Å². The number of aromatic carboxylic acids is 1. The minimum atomic E-state index is -1.00. The number of thiol groups is 1. The quantitative estimate of drug-likeness (QED) is 0.516. The van der Waals surface area contributed by atoms with Gasteiger partial charge in [0.2, 0.25) is 0 Å². The summed E-state index contributed by atoms with van der Waals surface area (Å²) in [5, 5.41) is 11.6. The fourth-order valence-electron chi connectivity index (χ4n) is 1.29. The molecule has 0 atom stereocenters. The normalized spacial score (nSPS) is 10.6. The van der Waals surface area contributed by atoms with Gasteiger partial charge in [0, 0.05) is 4.90 Å². The Hall–Kier alpha value is -1.20. The van der Waals surface area contributed by atoms with Crippen molar-refractivity contribution in [1.29, 1.82) is 0 Å². The number of rotatable bonds is 1. The lowest BCUT2D eigenvalue weighted by molar-refractivity contribution is 0.0693. The molecule has 0 aliphatic heterocycles. The van der Waals surface area contributed by atoms with E-state index in [9.17, 15) is 4.79 Å². The molecule has 0 aliphatic carbocycles. The number of anilines is 1. The molecule has 0 fully saturated rings. The maximum Gasteiger partial charge on any atom is 0.336 e. The average Bonchev–Trinajstić information content (AvgIpc) is 2.58. The van der Waals surface area contributed by atoms with Crippen LogP contribution in [-0.2, 0) is 0 Å². The van der Waals surface area contributed by atoms with Gasteiger partial charge in [0.25, 0.3) is 0 Å². The minimum Gasteiger partial charge on any atom is -0.478 e. The highest BCUT2D eigenvalue weighted by atomic mass is 32.1. The Bertz CT molecular complexity index is 519. The summed E-state index contributed by atoms with van der Waals surface area (Å²) >= 11 is 5.58. The fourth-order valence-corrected chi connectivity index (χ4v) is 2.48. The molecule has 72 valence electrons. The molecular formula is C9H7NO2S2. The molecule has 1 aromatic carbocycles. The second kappa shape index (κ2) is 3.18. The van der Waals surface area contributed by atoms with Gasteiger partial charge in [0.1, 0.15) is 0 Å². The number of carboxylic acids is 1. The molecule has 0 unspecified atom stereocenters. The maximum atomic E-state index is 10.8. The van der Waals surface area contributed by atoms with Crippen molar-refractivity contribution in [2.45, 2.75) is 4.90 Å². The third kappa shape index (κ3) is 1.25. The molecule has 3 nitrogen and oxygen atoms in total. The highest BCUT2D eigenvalue weighted by Crippen LogP contribution is 2.34. The molecule has 2 rings (SSSR count). The summed E-state index contributed by atoms with van der Waals surface area (Å²) in [4.78, 5) is 11.2. The molecule has 0 bridgehead atoms. The zero-order valence-electron chi connectivity index (χ0n) is 7.02. The molecule has 0 saturated carbocycles. The van der Waals surface area contributed by atoms with E-state index in [1.807, 2.05) is 11.4 Å². The van der Waals surface area contributed by atoms with E-state index in [-0.39, 0.29) is 5.56 Å². The standard InChI is InChI=1S/C9H7NO2S2/c10-6-7(13)5(9(11)12)3-4-1-2-14-8(4)6/h1-3,13H,10H2,(H,11,12). The van der Waals surface area contributed by atoms with Gasteiger partial charge >= 0.3 is 5.97 Å². The molecule has 0 aliphatic rings. The highest BCUT2D eigenvalue weighted by molar-refractivity contribution is 7.80. The van der Waals surface area contributed by atoms with Crippen LogP contribution in [0.1, 0.15) is 10.4 Å². The number of hydrogen-bond acceptors (Lipinski definition) is 4. The van der Waals surface area contributed by atoms with Crippen molar-refractivity contribution in [3.8, 4) is 0 Å². The number of carbonyl (C=O) groups is 1. The van der Waals surface area contributed by atoms with Crippen LogP contribution in [0.25, 0.3) is 10.1 Å². The van der Waals surface area contributed by atoms with Crippen molar-refractivity contribution in [1.82, 2.24) is 0 Å². The van der Waals surface area contributed by atoms with E-state index < -0.39 is 5.97 Å². The molecule has 3 N–H and O–H groups in total. The molecule has 2 aromatic rings. The monoisotopic (exact) mass is 225 g/mol. The molecule has 0 amide bonds. The van der Waals surface area contributed by atoms with Gasteiger partial charge in [-0.1, -0.05) is 0 Å². The Morgan fingerprint density at radius 1 is 1.57 bits per heavy atom. The van der Waals surface area contributed by atoms with Crippen LogP contribution in [0, 0.1) is 0 Å². The second-order valence-electron chi connectivity index (χ2n) is 2.83. The van der Waals surface area contributed by atoms with Gasteiger partial charge in [0.05, 0.1) is 16.0 Å². The van der Waals surface area contributed by atoms with Gasteiger partial charge in [-0.25, -0.2) is 4.79 Å². The van der Waals surface area contributed by atoms with Gasteiger partial charge in [-0.3, -0.25) is 0 Å². The molecule has 1 aromatic heterocycles. The Morgan fingerprint density at radius 3 is 2.93 bits per heavy atom. The lowest BCUT2D eigenvalue weighted by Crippen LogP contribution is -2.00. The largest absolute Gasteiger partial charge is 0.478 e. The van der Waals surface area contributed by atoms with E-state index in [0.717, 1.165) is 10.1 Å². The first kappa shape index (κ1) is 9.36. The number of fused-ring (bicyclic) bond motifs is 1. The lowest BCUT2D eigenvalue weighted by atomic mass is 10.1. The molecule has 0 spiro atoms. The van der Waals surface area contributed by atoms with Crippen molar-refractivity contribution in [2.75, 3.05) is 5.73 Å². The predicted molar refractivity (Wildman–Crippen MR) is 60.4 cm³/mol. The number of nitrogens with two attached hydrogens (primary N) is 1. The Labute approximate surface area is 89.6 Å². The molecular weight excluding hydrogens is 218 g/mol. The van der Waals surface area contributed by atoms with E-state index in [0.29, 0.717) is 10.6 Å². The second-order valence-corrected chi connectivity index (χ2v) is 4.19. The fraction of sp³-hybridized carbons (Fsp3) is 0. The van der Waals surface area contributed by atoms with Crippen molar-refractivity contribution >= 4 is 45.7 Å². The molecule has 0 saturated heterocycles. The Balaban J connectivity index is 2.87. The predicted octanol–water partition coefficient (Wildman–Crippen LogP) is 2.47. The SMILES string of the molecule is Nc1c(S)c(C(=O)O)cc2ccsc12. The van der Waals surface area contributed by atoms with Crippen molar-refractivity contribution in [3.63, 3.8) is 0 Å². The van der Waals surface area contributed by atoms with Gasteiger partial charge < -0.3 is 10.8 Å². The minimum absolute atomic E-state index is 0.150. The zero-order chi connectivity index (χ0) is 10.3. The first-order valence-electron chi connectivity index (χ1n) is 3.83. The number of benzene rings is 1. The van der Waals surface area contributed by atoms with Crippen LogP contribution in [0.4, 0.5) is 5.69 Å². The Kier molecular flexibility index (Phi) is 2.13. The van der Waals surface area contributed by atoms with E-state index in [1.165, 1.54) is 11.3 Å². The molecule has 1 heterocycles. The van der Waals surface area contributed by atoms with Crippen LogP contribution >= 0.6 is 24.0 Å². The smallest absolute Gasteiger partial charge is 0.336 e. The third-order valence-electron chi connectivity index (χ3n) is 1.98. The van der Waals surface area contributed by atoms with E-state index in [2.05, 4.69) is 12.6 Å². The number of hydrogen-bond donors (Lipinski definition) is 3. The molecule has 0 radical (unpaired) electrons. The summed E-state index contributed by atoms with van der Waals surface area (Å²) in [6, 6.07) is 3.43. The summed E-state index contributed by atoms with van der Waals surface area (Å²) in [5.74, 6) is -1.00. The average molecular weight is 225 g/mol. The van der Waals surface area contributed by atoms with Crippen LogP contribution in [0.2, 0.25) is 0 Å². The first-order valence-corrected chi connectivity index (χ1v) is 5.16.